The maximum Gasteiger partial charge on any atom is 0.419 e. The van der Waals surface area contributed by atoms with Gasteiger partial charge in [0.05, 0.1) is 5.56 Å². The largest absolute Gasteiger partial charge is 0.424 e. The fourth-order valence-electron chi connectivity index (χ4n) is 1.28. The lowest BCUT2D eigenvalue weighted by Crippen LogP contribution is -2.15. The number of hydrogen-bond acceptors (Lipinski definition) is 2. The molecule has 0 heterocycles. The van der Waals surface area contributed by atoms with Crippen LogP contribution in [0, 0.1) is 5.82 Å². The molecule has 0 saturated heterocycles. The van der Waals surface area contributed by atoms with Crippen LogP contribution in [0.4, 0.5) is 17.6 Å². The molecule has 1 aromatic rings. The molecule has 0 aliphatic rings. The minimum atomic E-state index is -4.82. The van der Waals surface area contributed by atoms with E-state index in [-0.39, 0.29) is 22.6 Å². The first-order valence-corrected chi connectivity index (χ1v) is 6.51. The molecule has 4 nitrogen and oxygen atoms in total. The van der Waals surface area contributed by atoms with E-state index in [0.717, 1.165) is 6.07 Å². The summed E-state index contributed by atoms with van der Waals surface area (Å²) < 4.78 is 56.0. The zero-order chi connectivity index (χ0) is 16.2. The predicted octanol–water partition coefficient (Wildman–Crippen LogP) is 3.70. The van der Waals surface area contributed by atoms with E-state index in [4.69, 9.17) is 10.5 Å². The van der Waals surface area contributed by atoms with E-state index >= 15 is 0 Å². The van der Waals surface area contributed by atoms with Gasteiger partial charge >= 0.3 is 12.2 Å². The molecule has 2 N–H and O–H groups in total. The van der Waals surface area contributed by atoms with Crippen LogP contribution in [0.1, 0.15) is 19.4 Å². The zero-order valence-electron chi connectivity index (χ0n) is 11.1. The van der Waals surface area contributed by atoms with Gasteiger partial charge < -0.3 is 10.5 Å². The molecule has 0 bridgehead atoms. The van der Waals surface area contributed by atoms with Gasteiger partial charge in [-0.3, -0.25) is 0 Å². The van der Waals surface area contributed by atoms with Crippen molar-refractivity contribution < 1.29 is 22.3 Å². The third kappa shape index (κ3) is 5.70. The number of halogens is 5. The van der Waals surface area contributed by atoms with E-state index in [9.17, 15) is 17.6 Å². The Morgan fingerprint density at radius 3 is 2.43 bits per heavy atom. The molecule has 0 radical (unpaired) electrons. The van der Waals surface area contributed by atoms with Crippen molar-refractivity contribution in [2.75, 3.05) is 0 Å². The summed E-state index contributed by atoms with van der Waals surface area (Å²) in [4.78, 5) is 7.64. The average molecular weight is 370 g/mol. The summed E-state index contributed by atoms with van der Waals surface area (Å²) in [6, 6.07) is 1.77. The Hall–Kier alpha value is -1.64. The quantitative estimate of drug-likeness (QED) is 0.374. The van der Waals surface area contributed by atoms with Gasteiger partial charge in [-0.05, 0) is 48.0 Å². The molecule has 9 heteroatoms. The second-order valence-electron chi connectivity index (χ2n) is 4.18. The highest BCUT2D eigenvalue weighted by Gasteiger charge is 2.34. The molecule has 0 atom stereocenters. The number of alkyl halides is 3. The Bertz CT molecular complexity index is 566. The van der Waals surface area contributed by atoms with Crippen LogP contribution in [0.15, 0.2) is 28.2 Å². The highest BCUT2D eigenvalue weighted by atomic mass is 79.9. The van der Waals surface area contributed by atoms with E-state index in [1.807, 2.05) is 0 Å². The average Bonchev–Trinajstić information content (AvgIpc) is 2.28. The summed E-state index contributed by atoms with van der Waals surface area (Å²) in [6.07, 6.45) is -4.82. The van der Waals surface area contributed by atoms with Gasteiger partial charge in [-0.1, -0.05) is 0 Å². The van der Waals surface area contributed by atoms with Crippen LogP contribution < -0.4 is 10.5 Å². The Morgan fingerprint density at radius 1 is 1.33 bits per heavy atom. The first-order valence-electron chi connectivity index (χ1n) is 5.71. The fourth-order valence-corrected chi connectivity index (χ4v) is 1.43. The van der Waals surface area contributed by atoms with Crippen molar-refractivity contribution in [2.24, 2.45) is 15.7 Å². The second kappa shape index (κ2) is 6.88. The standard InChI is InChI=1S/C12H12BrF4N3O/c1-6(2)19-11(20-10(13)18)21-7-3-4-9(14)8(5-7)12(15,16)17/h3-6H,1-2H3,(H2,18,19,20). The summed E-state index contributed by atoms with van der Waals surface area (Å²) >= 11 is 2.86. The van der Waals surface area contributed by atoms with E-state index in [1.54, 1.807) is 13.8 Å². The lowest BCUT2D eigenvalue weighted by atomic mass is 10.2. The first-order chi connectivity index (χ1) is 9.59. The minimum Gasteiger partial charge on any atom is -0.424 e. The molecule has 0 amide bonds. The monoisotopic (exact) mass is 369 g/mol. The topological polar surface area (TPSA) is 60.0 Å². The number of benzene rings is 1. The van der Waals surface area contributed by atoms with E-state index in [0.29, 0.717) is 12.1 Å². The molecule has 0 fully saturated rings. The lowest BCUT2D eigenvalue weighted by Gasteiger charge is -2.11. The summed E-state index contributed by atoms with van der Waals surface area (Å²) in [5.41, 5.74) is 3.88. The molecule has 1 rings (SSSR count). The summed E-state index contributed by atoms with van der Waals surface area (Å²) in [7, 11) is 0. The normalized spacial score (nSPS) is 13.7. The lowest BCUT2D eigenvalue weighted by molar-refractivity contribution is -0.140. The zero-order valence-corrected chi connectivity index (χ0v) is 12.7. The van der Waals surface area contributed by atoms with Gasteiger partial charge in [0.2, 0.25) is 0 Å². The van der Waals surface area contributed by atoms with E-state index < -0.39 is 17.6 Å². The first kappa shape index (κ1) is 17.4. The number of aliphatic imine (C=N–C) groups is 2. The second-order valence-corrected chi connectivity index (χ2v) is 4.99. The van der Waals surface area contributed by atoms with Crippen molar-refractivity contribution in [1.29, 1.82) is 0 Å². The molecule has 21 heavy (non-hydrogen) atoms. The Labute approximate surface area is 126 Å². The summed E-state index contributed by atoms with van der Waals surface area (Å²) in [5, 5.41) is 0. The molecule has 1 aromatic carbocycles. The molecular weight excluding hydrogens is 358 g/mol. The van der Waals surface area contributed by atoms with Gasteiger partial charge in [0, 0.05) is 6.04 Å². The maximum atomic E-state index is 13.2. The van der Waals surface area contributed by atoms with Crippen LogP contribution in [0.25, 0.3) is 0 Å². The third-order valence-electron chi connectivity index (χ3n) is 2.02. The van der Waals surface area contributed by atoms with Crippen molar-refractivity contribution in [2.45, 2.75) is 26.1 Å². The SMILES string of the molecule is CC(C)N=C(N=C(N)Br)Oc1ccc(F)c(C(F)(F)F)c1. The molecular formula is C12H12BrF4N3O. The van der Waals surface area contributed by atoms with Crippen molar-refractivity contribution >= 4 is 26.7 Å². The molecule has 0 spiro atoms. The predicted molar refractivity (Wildman–Crippen MR) is 75.2 cm³/mol. The van der Waals surface area contributed by atoms with Gasteiger partial charge in [-0.2, -0.15) is 18.2 Å². The Kier molecular flexibility index (Phi) is 5.70. The molecule has 0 aliphatic heterocycles. The van der Waals surface area contributed by atoms with Crippen LogP contribution in [0.5, 0.6) is 5.75 Å². The Morgan fingerprint density at radius 2 is 1.95 bits per heavy atom. The van der Waals surface area contributed by atoms with Gasteiger partial charge in [0.15, 0.2) is 4.74 Å². The van der Waals surface area contributed by atoms with E-state index in [2.05, 4.69) is 25.9 Å². The molecule has 0 aromatic heterocycles. The van der Waals surface area contributed by atoms with Crippen LogP contribution in [0.2, 0.25) is 0 Å². The number of ether oxygens (including phenoxy) is 1. The minimum absolute atomic E-state index is 0.0555. The van der Waals surface area contributed by atoms with Gasteiger partial charge in [-0.15, -0.1) is 0 Å². The van der Waals surface area contributed by atoms with Crippen LogP contribution in [-0.2, 0) is 6.18 Å². The van der Waals surface area contributed by atoms with Crippen molar-refractivity contribution in [3.63, 3.8) is 0 Å². The smallest absolute Gasteiger partial charge is 0.419 e. The van der Waals surface area contributed by atoms with Crippen molar-refractivity contribution in [1.82, 2.24) is 0 Å². The molecule has 0 unspecified atom stereocenters. The molecule has 116 valence electrons. The number of amidine groups is 2. The number of nitrogens with zero attached hydrogens (tertiary/aromatic N) is 2. The van der Waals surface area contributed by atoms with Crippen molar-refractivity contribution in [3.05, 3.63) is 29.6 Å². The highest BCUT2D eigenvalue weighted by molar-refractivity contribution is 9.18. The van der Waals surface area contributed by atoms with Crippen molar-refractivity contribution in [3.8, 4) is 5.75 Å². The number of hydrogen-bond donors (Lipinski definition) is 1. The number of rotatable bonds is 2. The molecule has 0 saturated carbocycles. The van der Waals surface area contributed by atoms with Crippen LogP contribution in [0.3, 0.4) is 0 Å². The summed E-state index contributed by atoms with van der Waals surface area (Å²) in [5.74, 6) is -1.64. The maximum absolute atomic E-state index is 13.2. The summed E-state index contributed by atoms with van der Waals surface area (Å²) in [6.45, 7) is 3.43. The third-order valence-corrected chi connectivity index (χ3v) is 2.20. The van der Waals surface area contributed by atoms with Gasteiger partial charge in [-0.25, -0.2) is 9.38 Å². The van der Waals surface area contributed by atoms with Gasteiger partial charge in [0.25, 0.3) is 0 Å². The highest BCUT2D eigenvalue weighted by Crippen LogP contribution is 2.33. The molecule has 0 aliphatic carbocycles. The fraction of sp³-hybridized carbons (Fsp3) is 0.333. The van der Waals surface area contributed by atoms with Gasteiger partial charge in [0.1, 0.15) is 11.6 Å². The van der Waals surface area contributed by atoms with Crippen LogP contribution >= 0.6 is 15.9 Å². The van der Waals surface area contributed by atoms with E-state index in [1.165, 1.54) is 0 Å². The van der Waals surface area contributed by atoms with Crippen LogP contribution in [-0.4, -0.2) is 16.8 Å². The Balaban J connectivity index is 3.14. The number of nitrogens with two attached hydrogens (primary N) is 1.